The maximum Gasteiger partial charge on any atom is 0.254 e. The Morgan fingerprint density at radius 1 is 1.08 bits per heavy atom. The van der Waals surface area contributed by atoms with Gasteiger partial charge in [-0.05, 0) is 75.3 Å². The third-order valence-corrected chi connectivity index (χ3v) is 7.17. The van der Waals surface area contributed by atoms with E-state index in [0.29, 0.717) is 35.2 Å². The standard InChI is InChI=1S/C27H28FN7O/c1-16-7-12-35-22(15-30-26(35)25(16)28)19-4-5-21(24-20(19)14-31-27(24)36)33-23-6-3-18(13-29-23)32-17-8-10-34(2)11-9-17/h3-7,12-13,15,17,32H,8-11,14H2,1-2H3,(H,29,33)(H,31,36). The molecule has 5 heterocycles. The van der Waals surface area contributed by atoms with Crippen molar-refractivity contribution in [2.75, 3.05) is 30.8 Å². The van der Waals surface area contributed by atoms with Crippen LogP contribution in [0.25, 0.3) is 16.9 Å². The number of anilines is 3. The molecule has 2 aliphatic rings. The number of rotatable bonds is 5. The zero-order valence-corrected chi connectivity index (χ0v) is 20.3. The number of pyridine rings is 2. The number of nitrogens with one attached hydrogen (secondary N) is 3. The maximum absolute atomic E-state index is 14.6. The highest BCUT2D eigenvalue weighted by atomic mass is 19.1. The number of fused-ring (bicyclic) bond motifs is 2. The van der Waals surface area contributed by atoms with Gasteiger partial charge < -0.3 is 20.9 Å². The third-order valence-electron chi connectivity index (χ3n) is 7.17. The summed E-state index contributed by atoms with van der Waals surface area (Å²) < 4.78 is 16.3. The minimum atomic E-state index is -0.340. The molecule has 0 saturated carbocycles. The number of imidazole rings is 1. The number of benzene rings is 1. The molecule has 0 aliphatic carbocycles. The van der Waals surface area contributed by atoms with Gasteiger partial charge in [0.15, 0.2) is 11.5 Å². The Balaban J connectivity index is 1.27. The lowest BCUT2D eigenvalue weighted by molar-refractivity contribution is 0.0966. The van der Waals surface area contributed by atoms with Gasteiger partial charge in [-0.1, -0.05) is 6.07 Å². The molecule has 2 aliphatic heterocycles. The van der Waals surface area contributed by atoms with Crippen LogP contribution in [0.5, 0.6) is 0 Å². The van der Waals surface area contributed by atoms with Crippen LogP contribution in [0, 0.1) is 12.7 Å². The van der Waals surface area contributed by atoms with Gasteiger partial charge in [0.2, 0.25) is 0 Å². The summed E-state index contributed by atoms with van der Waals surface area (Å²) in [4.78, 5) is 24.0. The van der Waals surface area contributed by atoms with Crippen LogP contribution in [0.15, 0.2) is 48.9 Å². The highest BCUT2D eigenvalue weighted by molar-refractivity contribution is 6.06. The quantitative estimate of drug-likeness (QED) is 0.390. The molecule has 1 aromatic carbocycles. The van der Waals surface area contributed by atoms with Crippen molar-refractivity contribution in [3.05, 3.63) is 71.4 Å². The highest BCUT2D eigenvalue weighted by Gasteiger charge is 2.27. The number of likely N-dealkylation sites (tertiary alicyclic amines) is 1. The number of carbonyl (C=O) groups is 1. The van der Waals surface area contributed by atoms with Gasteiger partial charge in [-0.2, -0.15) is 0 Å². The van der Waals surface area contributed by atoms with Crippen LogP contribution in [-0.4, -0.2) is 51.4 Å². The molecule has 0 bridgehead atoms. The first-order valence-corrected chi connectivity index (χ1v) is 12.2. The fourth-order valence-corrected chi connectivity index (χ4v) is 5.08. The van der Waals surface area contributed by atoms with E-state index < -0.39 is 0 Å². The van der Waals surface area contributed by atoms with Crippen molar-refractivity contribution in [3.63, 3.8) is 0 Å². The van der Waals surface area contributed by atoms with Crippen molar-refractivity contribution in [2.45, 2.75) is 32.4 Å². The van der Waals surface area contributed by atoms with E-state index in [2.05, 4.69) is 37.9 Å². The molecular formula is C27H28FN7O. The molecule has 0 spiro atoms. The molecule has 0 atom stereocenters. The lowest BCUT2D eigenvalue weighted by Crippen LogP contribution is -2.36. The van der Waals surface area contributed by atoms with Crippen LogP contribution >= 0.6 is 0 Å². The number of hydrogen-bond acceptors (Lipinski definition) is 6. The average Bonchev–Trinajstić information content (AvgIpc) is 3.49. The first kappa shape index (κ1) is 22.5. The number of piperidine rings is 1. The van der Waals surface area contributed by atoms with Crippen LogP contribution < -0.4 is 16.0 Å². The van der Waals surface area contributed by atoms with Crippen LogP contribution in [-0.2, 0) is 6.54 Å². The SMILES string of the molecule is Cc1ccn2c(-c3ccc(Nc4ccc(NC5CCN(C)CC5)cn4)c4c3CNC4=O)cnc2c1F. The Labute approximate surface area is 208 Å². The lowest BCUT2D eigenvalue weighted by atomic mass is 9.99. The van der Waals surface area contributed by atoms with Gasteiger partial charge in [0.1, 0.15) is 5.82 Å². The molecule has 184 valence electrons. The summed E-state index contributed by atoms with van der Waals surface area (Å²) in [7, 11) is 2.15. The summed E-state index contributed by atoms with van der Waals surface area (Å²) in [5.41, 5.74) is 5.50. The van der Waals surface area contributed by atoms with E-state index in [4.69, 9.17) is 0 Å². The largest absolute Gasteiger partial charge is 0.381 e. The zero-order valence-electron chi connectivity index (χ0n) is 20.3. The van der Waals surface area contributed by atoms with E-state index in [1.165, 1.54) is 0 Å². The minimum Gasteiger partial charge on any atom is -0.381 e. The van der Waals surface area contributed by atoms with Crippen molar-refractivity contribution >= 4 is 28.7 Å². The summed E-state index contributed by atoms with van der Waals surface area (Å²) in [6.07, 6.45) is 7.51. The van der Waals surface area contributed by atoms with Gasteiger partial charge in [-0.25, -0.2) is 14.4 Å². The van der Waals surface area contributed by atoms with E-state index in [0.717, 1.165) is 48.4 Å². The second kappa shape index (κ2) is 8.91. The van der Waals surface area contributed by atoms with Gasteiger partial charge in [0, 0.05) is 24.3 Å². The third kappa shape index (κ3) is 3.95. The number of hydrogen-bond donors (Lipinski definition) is 3. The molecule has 9 heteroatoms. The number of halogens is 1. The van der Waals surface area contributed by atoms with Gasteiger partial charge in [-0.3, -0.25) is 9.20 Å². The second-order valence-electron chi connectivity index (χ2n) is 9.63. The monoisotopic (exact) mass is 485 g/mol. The maximum atomic E-state index is 14.6. The van der Waals surface area contributed by atoms with E-state index in [-0.39, 0.29) is 17.4 Å². The molecule has 1 fully saturated rings. The Hall–Kier alpha value is -3.98. The van der Waals surface area contributed by atoms with E-state index in [1.54, 1.807) is 23.6 Å². The molecule has 0 radical (unpaired) electrons. The van der Waals surface area contributed by atoms with Crippen LogP contribution in [0.4, 0.5) is 21.6 Å². The molecule has 1 saturated heterocycles. The lowest BCUT2D eigenvalue weighted by Gasteiger charge is -2.30. The predicted molar refractivity (Wildman–Crippen MR) is 138 cm³/mol. The van der Waals surface area contributed by atoms with Gasteiger partial charge >= 0.3 is 0 Å². The number of aryl methyl sites for hydroxylation is 1. The first-order chi connectivity index (χ1) is 17.5. The molecule has 4 aromatic rings. The Morgan fingerprint density at radius 3 is 2.69 bits per heavy atom. The molecule has 8 nitrogen and oxygen atoms in total. The average molecular weight is 486 g/mol. The van der Waals surface area contributed by atoms with Crippen molar-refractivity contribution < 1.29 is 9.18 Å². The van der Waals surface area contributed by atoms with E-state index in [1.807, 2.05) is 36.7 Å². The van der Waals surface area contributed by atoms with Crippen molar-refractivity contribution in [2.24, 2.45) is 0 Å². The molecular weight excluding hydrogens is 457 g/mol. The number of nitrogens with zero attached hydrogens (tertiary/aromatic N) is 4. The smallest absolute Gasteiger partial charge is 0.254 e. The van der Waals surface area contributed by atoms with Crippen LogP contribution in [0.1, 0.15) is 34.3 Å². The zero-order chi connectivity index (χ0) is 24.8. The predicted octanol–water partition coefficient (Wildman–Crippen LogP) is 4.34. The Kier molecular flexibility index (Phi) is 5.56. The minimum absolute atomic E-state index is 0.147. The summed E-state index contributed by atoms with van der Waals surface area (Å²) in [5.74, 6) is 0.171. The molecule has 0 unspecified atom stereocenters. The number of amides is 1. The van der Waals surface area contributed by atoms with Crippen molar-refractivity contribution in [3.8, 4) is 11.3 Å². The van der Waals surface area contributed by atoms with Gasteiger partial charge in [0.25, 0.3) is 5.91 Å². The number of carbonyl (C=O) groups excluding carboxylic acids is 1. The fourth-order valence-electron chi connectivity index (χ4n) is 5.08. The van der Waals surface area contributed by atoms with Crippen LogP contribution in [0.2, 0.25) is 0 Å². The summed E-state index contributed by atoms with van der Waals surface area (Å²) in [6, 6.07) is 9.92. The van der Waals surface area contributed by atoms with E-state index in [9.17, 15) is 9.18 Å². The summed E-state index contributed by atoms with van der Waals surface area (Å²) in [6.45, 7) is 4.30. The van der Waals surface area contributed by atoms with Crippen molar-refractivity contribution in [1.29, 1.82) is 0 Å². The van der Waals surface area contributed by atoms with Gasteiger partial charge in [-0.15, -0.1) is 0 Å². The molecule has 3 aromatic heterocycles. The van der Waals surface area contributed by atoms with Crippen molar-refractivity contribution in [1.82, 2.24) is 24.6 Å². The summed E-state index contributed by atoms with van der Waals surface area (Å²) >= 11 is 0. The second-order valence-corrected chi connectivity index (χ2v) is 9.63. The Bertz CT molecular complexity index is 1460. The van der Waals surface area contributed by atoms with Gasteiger partial charge in [0.05, 0.1) is 35.0 Å². The molecule has 36 heavy (non-hydrogen) atoms. The molecule has 1 amide bonds. The normalized spacial score (nSPS) is 16.2. The summed E-state index contributed by atoms with van der Waals surface area (Å²) in [5, 5.41) is 9.80. The van der Waals surface area contributed by atoms with Crippen LogP contribution in [0.3, 0.4) is 0 Å². The Morgan fingerprint density at radius 2 is 1.92 bits per heavy atom. The first-order valence-electron chi connectivity index (χ1n) is 12.2. The highest BCUT2D eigenvalue weighted by Crippen LogP contribution is 2.35. The number of aromatic nitrogens is 3. The topological polar surface area (TPSA) is 86.6 Å². The molecule has 3 N–H and O–H groups in total. The molecule has 6 rings (SSSR count). The fraction of sp³-hybridized carbons (Fsp3) is 0.296. The van der Waals surface area contributed by atoms with E-state index >= 15 is 0 Å².